The third-order valence-electron chi connectivity index (χ3n) is 5.99. The van der Waals surface area contributed by atoms with E-state index < -0.39 is 6.10 Å². The molecule has 0 spiro atoms. The fraction of sp³-hybridized carbons (Fsp3) is 0.500. The van der Waals surface area contributed by atoms with E-state index in [2.05, 4.69) is 5.32 Å². The van der Waals surface area contributed by atoms with Gasteiger partial charge in [0.25, 0.3) is 5.91 Å². The first kappa shape index (κ1) is 22.4. The highest BCUT2D eigenvalue weighted by molar-refractivity contribution is 5.96. The van der Waals surface area contributed by atoms with Crippen molar-refractivity contribution in [3.05, 3.63) is 65.7 Å². The van der Waals surface area contributed by atoms with E-state index in [0.717, 1.165) is 24.3 Å². The molecule has 4 nitrogen and oxygen atoms in total. The topological polar surface area (TPSA) is 58.6 Å². The molecule has 0 heterocycles. The summed E-state index contributed by atoms with van der Waals surface area (Å²) >= 11 is 0. The van der Waals surface area contributed by atoms with Crippen LogP contribution in [0.15, 0.2) is 54.6 Å². The van der Waals surface area contributed by atoms with Gasteiger partial charge in [-0.25, -0.2) is 0 Å². The summed E-state index contributed by atoms with van der Waals surface area (Å²) in [6, 6.07) is 17.1. The second-order valence-corrected chi connectivity index (χ2v) is 8.42. The molecule has 1 atom stereocenters. The standard InChI is InChI=1S/C26H35NO3/c28-23(18-17-21-11-5-2-1-3-6-12-21)20-30-25-16-10-9-15-24(25)26(29)27-19-22-13-7-4-8-14-22/h4,7-10,13-16,21,23,28H,1-3,5-6,11-12,17-20H2,(H,27,29). The third kappa shape index (κ3) is 7.49. The summed E-state index contributed by atoms with van der Waals surface area (Å²) in [7, 11) is 0. The minimum atomic E-state index is -0.504. The smallest absolute Gasteiger partial charge is 0.255 e. The maximum Gasteiger partial charge on any atom is 0.255 e. The van der Waals surface area contributed by atoms with Crippen LogP contribution in [0.1, 0.15) is 73.7 Å². The van der Waals surface area contributed by atoms with Crippen LogP contribution in [0.25, 0.3) is 0 Å². The molecule has 30 heavy (non-hydrogen) atoms. The van der Waals surface area contributed by atoms with Crippen molar-refractivity contribution in [3.8, 4) is 5.75 Å². The van der Waals surface area contributed by atoms with Crippen molar-refractivity contribution in [2.24, 2.45) is 5.92 Å². The van der Waals surface area contributed by atoms with Crippen molar-refractivity contribution >= 4 is 5.91 Å². The molecule has 2 aromatic carbocycles. The van der Waals surface area contributed by atoms with Gasteiger partial charge in [0.15, 0.2) is 0 Å². The van der Waals surface area contributed by atoms with Gasteiger partial charge in [0.05, 0.1) is 11.7 Å². The summed E-state index contributed by atoms with van der Waals surface area (Å²) in [5.74, 6) is 1.09. The molecule has 1 saturated carbocycles. The molecule has 1 fully saturated rings. The molecule has 0 saturated heterocycles. The highest BCUT2D eigenvalue weighted by atomic mass is 16.5. The van der Waals surface area contributed by atoms with E-state index in [1.165, 1.54) is 44.9 Å². The van der Waals surface area contributed by atoms with E-state index in [4.69, 9.17) is 4.74 Å². The summed E-state index contributed by atoms with van der Waals surface area (Å²) in [5, 5.41) is 13.4. The van der Waals surface area contributed by atoms with Crippen LogP contribution in [0, 0.1) is 5.92 Å². The molecule has 0 radical (unpaired) electrons. The molecule has 1 unspecified atom stereocenters. The van der Waals surface area contributed by atoms with Gasteiger partial charge in [-0.05, 0) is 36.5 Å². The van der Waals surface area contributed by atoms with Crippen LogP contribution in [0.5, 0.6) is 5.75 Å². The summed E-state index contributed by atoms with van der Waals surface area (Å²) in [6.45, 7) is 0.688. The lowest BCUT2D eigenvalue weighted by Gasteiger charge is -2.21. The Labute approximate surface area is 180 Å². The average molecular weight is 410 g/mol. The number of amides is 1. The van der Waals surface area contributed by atoms with Crippen molar-refractivity contribution < 1.29 is 14.6 Å². The van der Waals surface area contributed by atoms with Crippen LogP contribution in [0.4, 0.5) is 0 Å². The number of benzene rings is 2. The van der Waals surface area contributed by atoms with Gasteiger partial charge in [0.1, 0.15) is 12.4 Å². The molecule has 3 rings (SSSR count). The Kier molecular flexibility index (Phi) is 9.23. The normalized spacial score (nSPS) is 16.3. The number of hydrogen-bond donors (Lipinski definition) is 2. The monoisotopic (exact) mass is 409 g/mol. The van der Waals surface area contributed by atoms with Crippen LogP contribution in [-0.4, -0.2) is 23.7 Å². The molecule has 4 heteroatoms. The van der Waals surface area contributed by atoms with E-state index in [-0.39, 0.29) is 12.5 Å². The number of aliphatic hydroxyl groups excluding tert-OH is 1. The third-order valence-corrected chi connectivity index (χ3v) is 5.99. The van der Waals surface area contributed by atoms with Gasteiger partial charge in [0, 0.05) is 6.54 Å². The fourth-order valence-electron chi connectivity index (χ4n) is 4.18. The van der Waals surface area contributed by atoms with Gasteiger partial charge in [-0.1, -0.05) is 87.4 Å². The van der Waals surface area contributed by atoms with Gasteiger partial charge in [-0.15, -0.1) is 0 Å². The molecule has 1 aliphatic carbocycles. The molecular weight excluding hydrogens is 374 g/mol. The zero-order valence-electron chi connectivity index (χ0n) is 17.9. The lowest BCUT2D eigenvalue weighted by Crippen LogP contribution is -2.24. The minimum Gasteiger partial charge on any atom is -0.490 e. The number of ether oxygens (including phenoxy) is 1. The number of carbonyl (C=O) groups is 1. The molecule has 2 aromatic rings. The molecule has 0 bridgehead atoms. The zero-order valence-corrected chi connectivity index (χ0v) is 17.9. The Hall–Kier alpha value is -2.33. The van der Waals surface area contributed by atoms with Crippen LogP contribution >= 0.6 is 0 Å². The summed E-state index contributed by atoms with van der Waals surface area (Å²) in [5.41, 5.74) is 1.55. The van der Waals surface area contributed by atoms with E-state index in [9.17, 15) is 9.90 Å². The number of para-hydroxylation sites is 1. The first-order chi connectivity index (χ1) is 14.7. The van der Waals surface area contributed by atoms with E-state index in [0.29, 0.717) is 17.9 Å². The number of hydrogen-bond acceptors (Lipinski definition) is 3. The second kappa shape index (κ2) is 12.4. The minimum absolute atomic E-state index is 0.168. The van der Waals surface area contributed by atoms with E-state index >= 15 is 0 Å². The van der Waals surface area contributed by atoms with E-state index in [1.54, 1.807) is 12.1 Å². The van der Waals surface area contributed by atoms with Crippen molar-refractivity contribution in [2.75, 3.05) is 6.61 Å². The number of rotatable bonds is 9. The highest BCUT2D eigenvalue weighted by Crippen LogP contribution is 2.26. The number of carbonyl (C=O) groups excluding carboxylic acids is 1. The van der Waals surface area contributed by atoms with Crippen molar-refractivity contribution in [2.45, 2.75) is 70.4 Å². The van der Waals surface area contributed by atoms with Crippen LogP contribution in [0.3, 0.4) is 0 Å². The second-order valence-electron chi connectivity index (χ2n) is 8.42. The predicted molar refractivity (Wildman–Crippen MR) is 121 cm³/mol. The van der Waals surface area contributed by atoms with Gasteiger partial charge >= 0.3 is 0 Å². The lowest BCUT2D eigenvalue weighted by molar-refractivity contribution is 0.0875. The summed E-state index contributed by atoms with van der Waals surface area (Å²) in [6.07, 6.45) is 10.6. The maximum absolute atomic E-state index is 12.6. The maximum atomic E-state index is 12.6. The Morgan fingerprint density at radius 3 is 2.40 bits per heavy atom. The predicted octanol–water partition coefficient (Wildman–Crippen LogP) is 5.50. The van der Waals surface area contributed by atoms with Gasteiger partial charge < -0.3 is 15.2 Å². The molecule has 0 aromatic heterocycles. The highest BCUT2D eigenvalue weighted by Gasteiger charge is 2.16. The number of nitrogens with one attached hydrogen (secondary N) is 1. The average Bonchev–Trinajstić information content (AvgIpc) is 2.76. The first-order valence-corrected chi connectivity index (χ1v) is 11.4. The van der Waals surface area contributed by atoms with Crippen molar-refractivity contribution in [1.82, 2.24) is 5.32 Å². The van der Waals surface area contributed by atoms with Gasteiger partial charge in [-0.2, -0.15) is 0 Å². The largest absolute Gasteiger partial charge is 0.490 e. The first-order valence-electron chi connectivity index (χ1n) is 11.4. The molecule has 0 aliphatic heterocycles. The lowest BCUT2D eigenvalue weighted by atomic mass is 9.87. The van der Waals surface area contributed by atoms with Crippen molar-refractivity contribution in [3.63, 3.8) is 0 Å². The Balaban J connectivity index is 1.46. The van der Waals surface area contributed by atoms with Gasteiger partial charge in [-0.3, -0.25) is 4.79 Å². The van der Waals surface area contributed by atoms with Gasteiger partial charge in [0.2, 0.25) is 0 Å². The van der Waals surface area contributed by atoms with Crippen LogP contribution in [-0.2, 0) is 6.54 Å². The van der Waals surface area contributed by atoms with Crippen LogP contribution < -0.4 is 10.1 Å². The molecule has 162 valence electrons. The molecule has 1 aliphatic rings. The Morgan fingerprint density at radius 2 is 1.63 bits per heavy atom. The Morgan fingerprint density at radius 1 is 0.967 bits per heavy atom. The summed E-state index contributed by atoms with van der Waals surface area (Å²) < 4.78 is 5.85. The molecule has 2 N–H and O–H groups in total. The SMILES string of the molecule is O=C(NCc1ccccc1)c1ccccc1OCC(O)CCC1CCCCCCC1. The fourth-order valence-corrected chi connectivity index (χ4v) is 4.18. The Bertz CT molecular complexity index is 754. The summed E-state index contributed by atoms with van der Waals surface area (Å²) in [4.78, 5) is 12.6. The van der Waals surface area contributed by atoms with Crippen molar-refractivity contribution in [1.29, 1.82) is 0 Å². The number of aliphatic hydroxyl groups is 1. The quantitative estimate of drug-likeness (QED) is 0.575. The van der Waals surface area contributed by atoms with Crippen LogP contribution in [0.2, 0.25) is 0 Å². The molecular formula is C26H35NO3. The van der Waals surface area contributed by atoms with E-state index in [1.807, 2.05) is 42.5 Å². The molecule has 1 amide bonds. The zero-order chi connectivity index (χ0) is 21.0.